The summed E-state index contributed by atoms with van der Waals surface area (Å²) in [4.78, 5) is 25.2. The van der Waals surface area contributed by atoms with Gasteiger partial charge in [-0.1, -0.05) is 49.2 Å². The standard InChI is InChI=1S/C26H24Cl2FN3O3/c1-16(2)24(31-25(33)22-12-7-19(27)13-23(22)28)26(34)32-30-14-17-5-10-21(11-6-17)35-15-18-3-8-20(29)9-4-18/h3-14,16,24H,15H2,1-2H3,(H,31,33)(H,32,34). The van der Waals surface area contributed by atoms with Gasteiger partial charge in [0.15, 0.2) is 0 Å². The van der Waals surface area contributed by atoms with Gasteiger partial charge < -0.3 is 10.1 Å². The second-order valence-electron chi connectivity index (χ2n) is 8.04. The van der Waals surface area contributed by atoms with Crippen LogP contribution in [0, 0.1) is 11.7 Å². The van der Waals surface area contributed by atoms with Gasteiger partial charge >= 0.3 is 0 Å². The molecule has 3 aromatic carbocycles. The highest BCUT2D eigenvalue weighted by Gasteiger charge is 2.25. The third-order valence-electron chi connectivity index (χ3n) is 5.00. The molecule has 3 aromatic rings. The number of hydrazone groups is 1. The quantitative estimate of drug-likeness (QED) is 0.286. The molecule has 0 fully saturated rings. The van der Waals surface area contributed by atoms with E-state index in [0.29, 0.717) is 17.4 Å². The summed E-state index contributed by atoms with van der Waals surface area (Å²) in [6.07, 6.45) is 1.48. The van der Waals surface area contributed by atoms with Crippen molar-refractivity contribution in [3.05, 3.63) is 99.3 Å². The zero-order valence-corrected chi connectivity index (χ0v) is 20.6. The van der Waals surface area contributed by atoms with Gasteiger partial charge in [-0.05, 0) is 71.6 Å². The van der Waals surface area contributed by atoms with Gasteiger partial charge in [0.2, 0.25) is 0 Å². The van der Waals surface area contributed by atoms with E-state index in [1.807, 2.05) is 13.8 Å². The number of hydrogen-bond acceptors (Lipinski definition) is 4. The average Bonchev–Trinajstić information content (AvgIpc) is 2.82. The zero-order chi connectivity index (χ0) is 25.4. The smallest absolute Gasteiger partial charge is 0.262 e. The number of benzene rings is 3. The molecule has 0 aliphatic heterocycles. The van der Waals surface area contributed by atoms with Crippen LogP contribution in [0.4, 0.5) is 4.39 Å². The Morgan fingerprint density at radius 2 is 1.71 bits per heavy atom. The largest absolute Gasteiger partial charge is 0.489 e. The lowest BCUT2D eigenvalue weighted by molar-refractivity contribution is -0.123. The zero-order valence-electron chi connectivity index (χ0n) is 19.1. The fourth-order valence-electron chi connectivity index (χ4n) is 3.06. The van der Waals surface area contributed by atoms with Crippen LogP contribution in [-0.2, 0) is 11.4 Å². The summed E-state index contributed by atoms with van der Waals surface area (Å²) in [5.41, 5.74) is 4.27. The molecule has 6 nitrogen and oxygen atoms in total. The average molecular weight is 516 g/mol. The Balaban J connectivity index is 1.54. The number of hydrogen-bond donors (Lipinski definition) is 2. The minimum absolute atomic E-state index is 0.195. The molecule has 0 spiro atoms. The van der Waals surface area contributed by atoms with Gasteiger partial charge in [-0.2, -0.15) is 5.10 Å². The first kappa shape index (κ1) is 26.2. The molecule has 1 atom stereocenters. The number of carbonyl (C=O) groups excluding carboxylic acids is 2. The number of amides is 2. The van der Waals surface area contributed by atoms with Gasteiger partial charge in [0.05, 0.1) is 16.8 Å². The van der Waals surface area contributed by atoms with E-state index in [9.17, 15) is 14.0 Å². The molecular weight excluding hydrogens is 492 g/mol. The second kappa shape index (κ2) is 12.3. The van der Waals surface area contributed by atoms with Crippen LogP contribution in [0.25, 0.3) is 0 Å². The number of ether oxygens (including phenoxy) is 1. The van der Waals surface area contributed by atoms with Gasteiger partial charge in [-0.25, -0.2) is 9.82 Å². The Morgan fingerprint density at radius 1 is 1.03 bits per heavy atom. The molecule has 3 rings (SSSR count). The number of halogens is 3. The Hall–Kier alpha value is -3.42. The Morgan fingerprint density at radius 3 is 2.34 bits per heavy atom. The second-order valence-corrected chi connectivity index (χ2v) is 8.88. The van der Waals surface area contributed by atoms with Crippen molar-refractivity contribution in [2.24, 2.45) is 11.0 Å². The van der Waals surface area contributed by atoms with Crippen molar-refractivity contribution in [2.45, 2.75) is 26.5 Å². The molecule has 0 saturated heterocycles. The van der Waals surface area contributed by atoms with Crippen LogP contribution in [0.15, 0.2) is 71.8 Å². The van der Waals surface area contributed by atoms with Gasteiger partial charge in [-0.3, -0.25) is 9.59 Å². The summed E-state index contributed by atoms with van der Waals surface area (Å²) in [6, 6.07) is 16.9. The first-order chi connectivity index (χ1) is 16.7. The van der Waals surface area contributed by atoms with Crippen molar-refractivity contribution in [1.29, 1.82) is 0 Å². The highest BCUT2D eigenvalue weighted by Crippen LogP contribution is 2.21. The molecule has 0 aliphatic carbocycles. The monoisotopic (exact) mass is 515 g/mol. The maximum atomic E-state index is 13.0. The highest BCUT2D eigenvalue weighted by atomic mass is 35.5. The first-order valence-corrected chi connectivity index (χ1v) is 11.5. The van der Waals surface area contributed by atoms with E-state index < -0.39 is 17.9 Å². The third kappa shape index (κ3) is 7.80. The lowest BCUT2D eigenvalue weighted by Crippen LogP contribution is -2.48. The summed E-state index contributed by atoms with van der Waals surface area (Å²) >= 11 is 12.0. The summed E-state index contributed by atoms with van der Waals surface area (Å²) in [5, 5.41) is 7.28. The molecule has 2 amide bonds. The van der Waals surface area contributed by atoms with Crippen molar-refractivity contribution in [2.75, 3.05) is 0 Å². The van der Waals surface area contributed by atoms with Gasteiger partial charge in [0.25, 0.3) is 11.8 Å². The lowest BCUT2D eigenvalue weighted by Gasteiger charge is -2.20. The normalized spacial score (nSPS) is 11.9. The molecular formula is C26H24Cl2FN3O3. The van der Waals surface area contributed by atoms with Crippen LogP contribution < -0.4 is 15.5 Å². The van der Waals surface area contributed by atoms with E-state index in [1.54, 1.807) is 42.5 Å². The molecule has 182 valence electrons. The summed E-state index contributed by atoms with van der Waals surface area (Å²) in [6.45, 7) is 3.93. The minimum Gasteiger partial charge on any atom is -0.489 e. The SMILES string of the molecule is CC(C)C(NC(=O)c1ccc(Cl)cc1Cl)C(=O)NN=Cc1ccc(OCc2ccc(F)cc2)cc1. The fourth-order valence-corrected chi connectivity index (χ4v) is 3.56. The van der Waals surface area contributed by atoms with Crippen molar-refractivity contribution in [3.63, 3.8) is 0 Å². The number of nitrogens with zero attached hydrogens (tertiary/aromatic N) is 1. The predicted molar refractivity (Wildman–Crippen MR) is 135 cm³/mol. The topological polar surface area (TPSA) is 79.8 Å². The van der Waals surface area contributed by atoms with Crippen LogP contribution in [0.1, 0.15) is 35.3 Å². The minimum atomic E-state index is -0.825. The van der Waals surface area contributed by atoms with E-state index in [4.69, 9.17) is 27.9 Å². The maximum Gasteiger partial charge on any atom is 0.262 e. The van der Waals surface area contributed by atoms with Crippen molar-refractivity contribution < 1.29 is 18.7 Å². The molecule has 1 unspecified atom stereocenters. The van der Waals surface area contributed by atoms with Crippen LogP contribution in [-0.4, -0.2) is 24.1 Å². The molecule has 0 heterocycles. The molecule has 0 saturated carbocycles. The van der Waals surface area contributed by atoms with E-state index in [1.165, 1.54) is 30.5 Å². The Labute approximate surface area is 213 Å². The molecule has 0 aliphatic rings. The van der Waals surface area contributed by atoms with Crippen molar-refractivity contribution in [3.8, 4) is 5.75 Å². The third-order valence-corrected chi connectivity index (χ3v) is 5.55. The predicted octanol–water partition coefficient (Wildman–Crippen LogP) is 5.62. The number of nitrogens with one attached hydrogen (secondary N) is 2. The van der Waals surface area contributed by atoms with Crippen molar-refractivity contribution >= 4 is 41.2 Å². The molecule has 9 heteroatoms. The summed E-state index contributed by atoms with van der Waals surface area (Å²) < 4.78 is 18.7. The van der Waals surface area contributed by atoms with Gasteiger partial charge in [-0.15, -0.1) is 0 Å². The molecule has 2 N–H and O–H groups in total. The Kier molecular flexibility index (Phi) is 9.23. The number of carbonyl (C=O) groups is 2. The van der Waals surface area contributed by atoms with E-state index >= 15 is 0 Å². The highest BCUT2D eigenvalue weighted by molar-refractivity contribution is 6.36. The van der Waals surface area contributed by atoms with Crippen LogP contribution in [0.5, 0.6) is 5.75 Å². The number of rotatable bonds is 9. The summed E-state index contributed by atoms with van der Waals surface area (Å²) in [5.74, 6) is -0.802. The fraction of sp³-hybridized carbons (Fsp3) is 0.192. The molecule has 0 bridgehead atoms. The van der Waals surface area contributed by atoms with E-state index in [2.05, 4.69) is 15.8 Å². The summed E-state index contributed by atoms with van der Waals surface area (Å²) in [7, 11) is 0. The lowest BCUT2D eigenvalue weighted by atomic mass is 10.0. The van der Waals surface area contributed by atoms with Crippen molar-refractivity contribution in [1.82, 2.24) is 10.7 Å². The van der Waals surface area contributed by atoms with Crippen LogP contribution >= 0.6 is 23.2 Å². The van der Waals surface area contributed by atoms with Gasteiger partial charge in [0.1, 0.15) is 24.2 Å². The van der Waals surface area contributed by atoms with E-state index in [-0.39, 0.29) is 22.3 Å². The van der Waals surface area contributed by atoms with Crippen LogP contribution in [0.2, 0.25) is 10.0 Å². The Bertz CT molecular complexity index is 1200. The molecule has 0 radical (unpaired) electrons. The first-order valence-electron chi connectivity index (χ1n) is 10.8. The molecule has 0 aromatic heterocycles. The van der Waals surface area contributed by atoms with Crippen LogP contribution in [0.3, 0.4) is 0 Å². The van der Waals surface area contributed by atoms with Gasteiger partial charge in [0, 0.05) is 5.02 Å². The van der Waals surface area contributed by atoms with E-state index in [0.717, 1.165) is 11.1 Å². The molecule has 35 heavy (non-hydrogen) atoms. The maximum absolute atomic E-state index is 13.0.